The van der Waals surface area contributed by atoms with Crippen LogP contribution in [0.15, 0.2) is 24.3 Å². The Balaban J connectivity index is 2.81. The molecule has 0 spiro atoms. The Hall–Kier alpha value is -0.980. The molecule has 1 heteroatoms. The number of phenols is 1. The van der Waals surface area contributed by atoms with Crippen LogP contribution in [0.1, 0.15) is 31.7 Å². The van der Waals surface area contributed by atoms with Crippen LogP contribution >= 0.6 is 0 Å². The summed E-state index contributed by atoms with van der Waals surface area (Å²) in [4.78, 5) is 0. The third-order valence-electron chi connectivity index (χ3n) is 2.07. The molecule has 1 aromatic carbocycles. The summed E-state index contributed by atoms with van der Waals surface area (Å²) in [6, 6.07) is 7.43. The van der Waals surface area contributed by atoms with Gasteiger partial charge in [-0.25, -0.2) is 0 Å². The molecule has 1 atom stereocenters. The smallest absolute Gasteiger partial charge is 0.115 e. The molecule has 0 aromatic heterocycles. The van der Waals surface area contributed by atoms with Gasteiger partial charge in [0.2, 0.25) is 0 Å². The van der Waals surface area contributed by atoms with Gasteiger partial charge in [0, 0.05) is 0 Å². The molecule has 1 rings (SSSR count). The molecule has 1 aromatic rings. The van der Waals surface area contributed by atoms with Crippen molar-refractivity contribution in [2.45, 2.75) is 26.2 Å². The van der Waals surface area contributed by atoms with E-state index in [1.807, 2.05) is 12.1 Å². The number of benzene rings is 1. The number of hydrogen-bond acceptors (Lipinski definition) is 1. The van der Waals surface area contributed by atoms with Crippen molar-refractivity contribution in [1.82, 2.24) is 0 Å². The average molecular weight is 150 g/mol. The van der Waals surface area contributed by atoms with E-state index >= 15 is 0 Å². The Morgan fingerprint density at radius 3 is 2.27 bits per heavy atom. The second kappa shape index (κ2) is 3.42. The predicted octanol–water partition coefficient (Wildman–Crippen LogP) is 2.91. The van der Waals surface area contributed by atoms with E-state index in [0.717, 1.165) is 6.42 Å². The molecule has 0 aliphatic rings. The summed E-state index contributed by atoms with van der Waals surface area (Å²) >= 11 is 0. The summed E-state index contributed by atoms with van der Waals surface area (Å²) in [6.45, 7) is 4.35. The van der Waals surface area contributed by atoms with Crippen molar-refractivity contribution in [3.05, 3.63) is 29.8 Å². The van der Waals surface area contributed by atoms with E-state index in [1.54, 1.807) is 12.1 Å². The van der Waals surface area contributed by atoms with Gasteiger partial charge in [-0.2, -0.15) is 0 Å². The zero-order valence-corrected chi connectivity index (χ0v) is 7.04. The molecule has 60 valence electrons. The first kappa shape index (κ1) is 8.12. The van der Waals surface area contributed by atoms with Crippen LogP contribution in [0.2, 0.25) is 0 Å². The Morgan fingerprint density at radius 2 is 1.82 bits per heavy atom. The topological polar surface area (TPSA) is 20.2 Å². The van der Waals surface area contributed by atoms with Gasteiger partial charge >= 0.3 is 0 Å². The molecule has 0 aliphatic carbocycles. The van der Waals surface area contributed by atoms with Crippen molar-refractivity contribution < 1.29 is 5.11 Å². The SMILES string of the molecule is CC[C@H](C)c1ccc(O)cc1. The highest BCUT2D eigenvalue weighted by molar-refractivity contribution is 5.27. The van der Waals surface area contributed by atoms with E-state index in [-0.39, 0.29) is 0 Å². The third-order valence-corrected chi connectivity index (χ3v) is 2.07. The second-order valence-corrected chi connectivity index (χ2v) is 2.90. The first-order valence-electron chi connectivity index (χ1n) is 4.03. The van der Waals surface area contributed by atoms with Crippen molar-refractivity contribution in [3.8, 4) is 5.75 Å². The molecule has 0 saturated carbocycles. The molecule has 0 bridgehead atoms. The molecular formula is C10H14O. The van der Waals surface area contributed by atoms with E-state index in [0.29, 0.717) is 11.7 Å². The van der Waals surface area contributed by atoms with Crippen LogP contribution < -0.4 is 0 Å². The quantitative estimate of drug-likeness (QED) is 0.687. The lowest BCUT2D eigenvalue weighted by atomic mass is 9.99. The number of hydrogen-bond donors (Lipinski definition) is 1. The average Bonchev–Trinajstić information content (AvgIpc) is 2.05. The predicted molar refractivity (Wildman–Crippen MR) is 46.8 cm³/mol. The largest absolute Gasteiger partial charge is 0.508 e. The zero-order valence-electron chi connectivity index (χ0n) is 7.04. The van der Waals surface area contributed by atoms with Crippen LogP contribution in [0.3, 0.4) is 0 Å². The lowest BCUT2D eigenvalue weighted by Crippen LogP contribution is -1.89. The van der Waals surface area contributed by atoms with Gasteiger partial charge in [0.1, 0.15) is 5.75 Å². The van der Waals surface area contributed by atoms with Gasteiger partial charge in [-0.05, 0) is 30.0 Å². The lowest BCUT2D eigenvalue weighted by Gasteiger charge is -2.07. The van der Waals surface area contributed by atoms with Crippen molar-refractivity contribution in [1.29, 1.82) is 0 Å². The number of phenolic OH excluding ortho intramolecular Hbond substituents is 1. The highest BCUT2D eigenvalue weighted by Gasteiger charge is 2.00. The van der Waals surface area contributed by atoms with Crippen LogP contribution in [-0.2, 0) is 0 Å². The van der Waals surface area contributed by atoms with Crippen molar-refractivity contribution in [2.24, 2.45) is 0 Å². The van der Waals surface area contributed by atoms with Crippen molar-refractivity contribution in [2.75, 3.05) is 0 Å². The molecule has 0 saturated heterocycles. The fourth-order valence-electron chi connectivity index (χ4n) is 1.04. The van der Waals surface area contributed by atoms with Gasteiger partial charge in [0.05, 0.1) is 0 Å². The number of aromatic hydroxyl groups is 1. The first-order chi connectivity index (χ1) is 5.24. The van der Waals surface area contributed by atoms with E-state index in [1.165, 1.54) is 5.56 Å². The maximum Gasteiger partial charge on any atom is 0.115 e. The third kappa shape index (κ3) is 1.97. The van der Waals surface area contributed by atoms with Gasteiger partial charge in [-0.1, -0.05) is 26.0 Å². The first-order valence-corrected chi connectivity index (χ1v) is 4.03. The summed E-state index contributed by atoms with van der Waals surface area (Å²) in [5.41, 5.74) is 1.30. The Labute approximate surface area is 67.7 Å². The molecular weight excluding hydrogens is 136 g/mol. The van der Waals surface area contributed by atoms with Gasteiger partial charge in [0.15, 0.2) is 0 Å². The maximum absolute atomic E-state index is 9.01. The fraction of sp³-hybridized carbons (Fsp3) is 0.400. The molecule has 1 nitrogen and oxygen atoms in total. The highest BCUT2D eigenvalue weighted by atomic mass is 16.3. The minimum Gasteiger partial charge on any atom is -0.508 e. The highest BCUT2D eigenvalue weighted by Crippen LogP contribution is 2.20. The Morgan fingerprint density at radius 1 is 1.27 bits per heavy atom. The fourth-order valence-corrected chi connectivity index (χ4v) is 1.04. The van der Waals surface area contributed by atoms with Crippen LogP contribution in [0, 0.1) is 0 Å². The number of rotatable bonds is 2. The van der Waals surface area contributed by atoms with Crippen LogP contribution in [0.4, 0.5) is 0 Å². The molecule has 1 N–H and O–H groups in total. The zero-order chi connectivity index (χ0) is 8.27. The molecule has 0 amide bonds. The minimum absolute atomic E-state index is 0.344. The lowest BCUT2D eigenvalue weighted by molar-refractivity contribution is 0.475. The van der Waals surface area contributed by atoms with E-state index in [9.17, 15) is 0 Å². The molecule has 0 heterocycles. The van der Waals surface area contributed by atoms with Gasteiger partial charge in [-0.15, -0.1) is 0 Å². The molecule has 0 fully saturated rings. The van der Waals surface area contributed by atoms with E-state index < -0.39 is 0 Å². The van der Waals surface area contributed by atoms with Gasteiger partial charge < -0.3 is 5.11 Å². The normalized spacial score (nSPS) is 12.9. The van der Waals surface area contributed by atoms with Crippen molar-refractivity contribution >= 4 is 0 Å². The van der Waals surface area contributed by atoms with E-state index in [2.05, 4.69) is 13.8 Å². The summed E-state index contributed by atoms with van der Waals surface area (Å²) in [5.74, 6) is 0.938. The maximum atomic E-state index is 9.01. The summed E-state index contributed by atoms with van der Waals surface area (Å²) in [6.07, 6.45) is 1.14. The Bertz CT molecular complexity index is 213. The minimum atomic E-state index is 0.344. The standard InChI is InChI=1S/C10H14O/c1-3-8(2)9-4-6-10(11)7-5-9/h4-8,11H,3H2,1-2H3/t8-/m0/s1. The summed E-state index contributed by atoms with van der Waals surface area (Å²) < 4.78 is 0. The second-order valence-electron chi connectivity index (χ2n) is 2.90. The van der Waals surface area contributed by atoms with E-state index in [4.69, 9.17) is 5.11 Å². The van der Waals surface area contributed by atoms with Crippen LogP contribution in [-0.4, -0.2) is 5.11 Å². The molecule has 0 unspecified atom stereocenters. The molecule has 0 aliphatic heterocycles. The van der Waals surface area contributed by atoms with Crippen LogP contribution in [0.25, 0.3) is 0 Å². The van der Waals surface area contributed by atoms with Gasteiger partial charge in [-0.3, -0.25) is 0 Å². The molecule has 0 radical (unpaired) electrons. The summed E-state index contributed by atoms with van der Waals surface area (Å²) in [7, 11) is 0. The Kier molecular flexibility index (Phi) is 2.53. The summed E-state index contributed by atoms with van der Waals surface area (Å²) in [5, 5.41) is 9.01. The van der Waals surface area contributed by atoms with Gasteiger partial charge in [0.25, 0.3) is 0 Å². The van der Waals surface area contributed by atoms with Crippen LogP contribution in [0.5, 0.6) is 5.75 Å². The van der Waals surface area contributed by atoms with Crippen molar-refractivity contribution in [3.63, 3.8) is 0 Å². The molecule has 11 heavy (non-hydrogen) atoms. The monoisotopic (exact) mass is 150 g/mol.